The van der Waals surface area contributed by atoms with Gasteiger partial charge in [-0.25, -0.2) is 4.98 Å². The second kappa shape index (κ2) is 15.7. The average Bonchev–Trinajstić information content (AvgIpc) is 3.33. The maximum atomic E-state index is 13.2. The predicted molar refractivity (Wildman–Crippen MR) is 149 cm³/mol. The van der Waals surface area contributed by atoms with Crippen LogP contribution in [0.15, 0.2) is 36.5 Å². The van der Waals surface area contributed by atoms with Gasteiger partial charge in [-0.2, -0.15) is 0 Å². The quantitative estimate of drug-likeness (QED) is 0.199. The van der Waals surface area contributed by atoms with E-state index in [-0.39, 0.29) is 24.9 Å². The molecule has 0 aliphatic heterocycles. The molecule has 0 spiro atoms. The van der Waals surface area contributed by atoms with Crippen LogP contribution in [0.5, 0.6) is 0 Å². The Hall–Kier alpha value is -2.42. The fourth-order valence-electron chi connectivity index (χ4n) is 3.43. The number of aryl methyl sites for hydroxylation is 1. The lowest BCUT2D eigenvalue weighted by Crippen LogP contribution is -2.58. The number of rotatable bonds is 15. The van der Waals surface area contributed by atoms with Crippen LogP contribution < -0.4 is 16.0 Å². The molecule has 3 amide bonds. The molecule has 4 atom stereocenters. The van der Waals surface area contributed by atoms with Crippen molar-refractivity contribution in [2.75, 3.05) is 31.9 Å². The molecular weight excluding hydrogens is 611 g/mol. The monoisotopic (exact) mass is 644 g/mol. The van der Waals surface area contributed by atoms with Gasteiger partial charge in [-0.3, -0.25) is 19.2 Å². The molecule has 1 heterocycles. The van der Waals surface area contributed by atoms with Gasteiger partial charge in [-0.05, 0) is 18.9 Å². The molecule has 2 rings (SSSR count). The Balaban J connectivity index is 2.15. The zero-order valence-electron chi connectivity index (χ0n) is 21.3. The lowest BCUT2D eigenvalue weighted by Gasteiger charge is -2.25. The van der Waals surface area contributed by atoms with Crippen molar-refractivity contribution >= 4 is 57.4 Å². The van der Waals surface area contributed by atoms with Crippen molar-refractivity contribution < 1.29 is 28.7 Å². The maximum absolute atomic E-state index is 13.2. The lowest BCUT2D eigenvalue weighted by atomic mass is 9.95. The van der Waals surface area contributed by atoms with E-state index in [1.807, 2.05) is 37.3 Å². The minimum atomic E-state index is -1.10. The first kappa shape index (κ1) is 30.8. The number of halogens is 1. The number of benzene rings is 1. The minimum absolute atomic E-state index is 0.0986. The Morgan fingerprint density at radius 3 is 2.03 bits per heavy atom. The predicted octanol–water partition coefficient (Wildman–Crippen LogP) is 1.70. The molecule has 0 saturated carbocycles. The summed E-state index contributed by atoms with van der Waals surface area (Å²) in [7, 11) is 2.80. The van der Waals surface area contributed by atoms with E-state index in [9.17, 15) is 19.2 Å². The van der Waals surface area contributed by atoms with E-state index in [0.717, 1.165) is 5.56 Å². The van der Waals surface area contributed by atoms with Gasteiger partial charge in [0.05, 0.1) is 30.5 Å². The van der Waals surface area contributed by atoms with Crippen molar-refractivity contribution in [3.8, 4) is 0 Å². The summed E-state index contributed by atoms with van der Waals surface area (Å²) in [5.74, 6) is -2.03. The molecule has 1 aromatic heterocycles. The summed E-state index contributed by atoms with van der Waals surface area (Å²) in [6, 6.07) is 6.45. The van der Waals surface area contributed by atoms with Crippen LogP contribution in [0.3, 0.4) is 0 Å². The summed E-state index contributed by atoms with van der Waals surface area (Å²) in [5, 5.41) is 8.75. The molecule has 0 saturated heterocycles. The Labute approximate surface area is 234 Å². The molecule has 0 fully saturated rings. The van der Waals surface area contributed by atoms with Gasteiger partial charge >= 0.3 is 0 Å². The molecule has 202 valence electrons. The van der Waals surface area contributed by atoms with Crippen LogP contribution in [0.2, 0.25) is 0 Å². The first-order valence-electron chi connectivity index (χ1n) is 11.7. The number of amides is 3. The van der Waals surface area contributed by atoms with Gasteiger partial charge in [0.15, 0.2) is 5.78 Å². The van der Waals surface area contributed by atoms with E-state index < -0.39 is 35.8 Å². The van der Waals surface area contributed by atoms with Crippen molar-refractivity contribution in [1.29, 1.82) is 0 Å². The van der Waals surface area contributed by atoms with Gasteiger partial charge in [0.1, 0.15) is 17.0 Å². The number of nitrogens with one attached hydrogen (secondary N) is 3. The van der Waals surface area contributed by atoms with Crippen LogP contribution in [0, 0.1) is 12.8 Å². The summed E-state index contributed by atoms with van der Waals surface area (Å²) >= 11 is 3.34. The highest BCUT2D eigenvalue weighted by molar-refractivity contribution is 14.1. The third-order valence-electron chi connectivity index (χ3n) is 5.43. The van der Waals surface area contributed by atoms with E-state index in [0.29, 0.717) is 20.7 Å². The average molecular weight is 645 g/mol. The largest absolute Gasteiger partial charge is 0.382 e. The van der Waals surface area contributed by atoms with Crippen molar-refractivity contribution in [3.63, 3.8) is 0 Å². The Bertz CT molecular complexity index is 1050. The molecule has 2 aromatic rings. The number of ether oxygens (including phenoxy) is 2. The zero-order valence-corrected chi connectivity index (χ0v) is 24.3. The number of hydrogen-bond donors (Lipinski definition) is 3. The van der Waals surface area contributed by atoms with Crippen LogP contribution >= 0.6 is 33.9 Å². The Morgan fingerprint density at radius 2 is 1.51 bits per heavy atom. The Morgan fingerprint density at radius 1 is 0.946 bits per heavy atom. The van der Waals surface area contributed by atoms with Crippen LogP contribution in [-0.2, 0) is 30.3 Å². The highest BCUT2D eigenvalue weighted by atomic mass is 127. The van der Waals surface area contributed by atoms with Crippen LogP contribution in [0.1, 0.15) is 27.2 Å². The molecule has 3 N–H and O–H groups in total. The zero-order chi connectivity index (χ0) is 27.4. The molecule has 0 aliphatic rings. The van der Waals surface area contributed by atoms with Crippen molar-refractivity contribution in [3.05, 3.63) is 52.0 Å². The van der Waals surface area contributed by atoms with Crippen LogP contribution in [0.25, 0.3) is 0 Å². The fourth-order valence-corrected chi connectivity index (χ4v) is 4.55. The van der Waals surface area contributed by atoms with Gasteiger partial charge in [0.25, 0.3) is 5.91 Å². The summed E-state index contributed by atoms with van der Waals surface area (Å²) < 4.78 is 10.9. The van der Waals surface area contributed by atoms with E-state index in [4.69, 9.17) is 9.47 Å². The SMILES string of the molecule is COC[C@H](NC(=O)c1cnc(C)s1)C(=O)N[C@@H](COC)C(=O)N[C@@H](Cc1ccccc1)C(=O)C(C)CI. The normalized spacial score (nSPS) is 14.2. The molecular formula is C25H33IN4O6S. The highest BCUT2D eigenvalue weighted by Crippen LogP contribution is 2.12. The minimum Gasteiger partial charge on any atom is -0.382 e. The molecule has 12 heteroatoms. The number of alkyl halides is 1. The van der Waals surface area contributed by atoms with Crippen LogP contribution in [-0.4, -0.2) is 78.5 Å². The standard InChI is InChI=1S/C25H33IN4O6S/c1-15(11-26)22(31)18(10-17-8-6-5-7-9-17)28-23(32)19(13-35-3)29-24(33)20(14-36-4)30-25(34)21-12-27-16(2)37-21/h5-9,12,15,18-20H,10-11,13-14H2,1-4H3,(H,28,32)(H,29,33)(H,30,34)/t15?,18-,19-,20-/m0/s1. The van der Waals surface area contributed by atoms with Crippen LogP contribution in [0.4, 0.5) is 0 Å². The molecule has 37 heavy (non-hydrogen) atoms. The number of hydrogen-bond acceptors (Lipinski definition) is 8. The maximum Gasteiger partial charge on any atom is 0.263 e. The van der Waals surface area contributed by atoms with Crippen molar-refractivity contribution in [2.45, 2.75) is 38.4 Å². The number of aromatic nitrogens is 1. The molecule has 0 aliphatic carbocycles. The summed E-state index contributed by atoms with van der Waals surface area (Å²) in [6.45, 7) is 3.34. The van der Waals surface area contributed by atoms with Gasteiger partial charge < -0.3 is 25.4 Å². The second-order valence-electron chi connectivity index (χ2n) is 8.45. The molecule has 0 bridgehead atoms. The van der Waals surface area contributed by atoms with Crippen molar-refractivity contribution in [1.82, 2.24) is 20.9 Å². The second-order valence-corrected chi connectivity index (χ2v) is 10.6. The van der Waals surface area contributed by atoms with Gasteiger partial charge in [0, 0.05) is 24.6 Å². The third kappa shape index (κ3) is 9.76. The van der Waals surface area contributed by atoms with Crippen molar-refractivity contribution in [2.24, 2.45) is 5.92 Å². The molecule has 1 unspecified atom stereocenters. The number of methoxy groups -OCH3 is 2. The number of carbonyl (C=O) groups excluding carboxylic acids is 4. The number of Topliss-reactive ketones (excluding diaryl/α,β-unsaturated/α-hetero) is 1. The van der Waals surface area contributed by atoms with Gasteiger partial charge in [0.2, 0.25) is 11.8 Å². The summed E-state index contributed by atoms with van der Waals surface area (Å²) in [6.07, 6.45) is 1.75. The highest BCUT2D eigenvalue weighted by Gasteiger charge is 2.31. The Kier molecular flexibility index (Phi) is 13.1. The van der Waals surface area contributed by atoms with Gasteiger partial charge in [-0.15, -0.1) is 11.3 Å². The number of nitrogens with zero attached hydrogens (tertiary/aromatic N) is 1. The number of thiazole rings is 1. The van der Waals surface area contributed by atoms with Gasteiger partial charge in [-0.1, -0.05) is 59.8 Å². The van der Waals surface area contributed by atoms with E-state index in [1.165, 1.54) is 31.8 Å². The summed E-state index contributed by atoms with van der Waals surface area (Å²) in [5.41, 5.74) is 0.898. The molecule has 10 nitrogen and oxygen atoms in total. The molecule has 0 radical (unpaired) electrons. The first-order chi connectivity index (χ1) is 17.7. The topological polar surface area (TPSA) is 136 Å². The summed E-state index contributed by atoms with van der Waals surface area (Å²) in [4.78, 5) is 56.3. The van der Waals surface area contributed by atoms with E-state index in [2.05, 4.69) is 43.5 Å². The fraction of sp³-hybridized carbons (Fsp3) is 0.480. The lowest BCUT2D eigenvalue weighted by molar-refractivity contribution is -0.134. The smallest absolute Gasteiger partial charge is 0.263 e. The number of carbonyl (C=O) groups is 4. The van der Waals surface area contributed by atoms with E-state index in [1.54, 1.807) is 6.92 Å². The number of ketones is 1. The van der Waals surface area contributed by atoms with E-state index >= 15 is 0 Å². The first-order valence-corrected chi connectivity index (χ1v) is 14.0. The third-order valence-corrected chi connectivity index (χ3v) is 7.66. The molecule has 1 aromatic carbocycles.